The Morgan fingerprint density at radius 1 is 1.40 bits per heavy atom. The number of benzene rings is 1. The summed E-state index contributed by atoms with van der Waals surface area (Å²) in [6.45, 7) is 2.61. The van der Waals surface area contributed by atoms with Crippen LogP contribution in [0.3, 0.4) is 0 Å². The maximum atomic E-state index is 10.6. The van der Waals surface area contributed by atoms with E-state index in [0.717, 1.165) is 5.56 Å². The molecular formula is C12H11N5O2S. The number of rotatable bonds is 5. The van der Waals surface area contributed by atoms with Crippen LogP contribution in [0.5, 0.6) is 0 Å². The first-order valence-corrected chi connectivity index (χ1v) is 6.83. The Balaban J connectivity index is 2.35. The molecule has 2 rings (SSSR count). The van der Waals surface area contributed by atoms with Gasteiger partial charge in [-0.3, -0.25) is 10.1 Å². The number of aromatic nitrogens is 3. The predicted molar refractivity (Wildman–Crippen MR) is 74.1 cm³/mol. The quantitative estimate of drug-likeness (QED) is 0.476. The molecule has 0 atom stereocenters. The van der Waals surface area contributed by atoms with Crippen LogP contribution in [-0.2, 0) is 6.54 Å². The van der Waals surface area contributed by atoms with E-state index >= 15 is 0 Å². The lowest BCUT2D eigenvalue weighted by Crippen LogP contribution is -2.00. The maximum Gasteiger partial charge on any atom is 0.269 e. The molecule has 0 radical (unpaired) electrons. The summed E-state index contributed by atoms with van der Waals surface area (Å²) in [4.78, 5) is 10.2. The van der Waals surface area contributed by atoms with Gasteiger partial charge in [0.25, 0.3) is 5.69 Å². The predicted octanol–water partition coefficient (Wildman–Crippen LogP) is 2.49. The molecule has 1 heterocycles. The van der Waals surface area contributed by atoms with Gasteiger partial charge in [-0.2, -0.15) is 5.26 Å². The van der Waals surface area contributed by atoms with Gasteiger partial charge in [-0.05, 0) is 19.1 Å². The van der Waals surface area contributed by atoms with Crippen LogP contribution in [0.4, 0.5) is 5.69 Å². The number of nitriles is 1. The molecule has 0 unspecified atom stereocenters. The van der Waals surface area contributed by atoms with Crippen LogP contribution < -0.4 is 0 Å². The van der Waals surface area contributed by atoms with E-state index in [9.17, 15) is 10.1 Å². The monoisotopic (exact) mass is 289 g/mol. The molecule has 0 aliphatic carbocycles. The molecule has 0 aliphatic rings. The molecule has 102 valence electrons. The Morgan fingerprint density at radius 2 is 2.10 bits per heavy atom. The minimum atomic E-state index is -0.442. The first-order valence-electron chi connectivity index (χ1n) is 5.85. The summed E-state index contributed by atoms with van der Waals surface area (Å²) >= 11 is 1.32. The third kappa shape index (κ3) is 2.78. The Kier molecular flexibility index (Phi) is 4.32. The van der Waals surface area contributed by atoms with Gasteiger partial charge in [0.1, 0.15) is 0 Å². The van der Waals surface area contributed by atoms with Gasteiger partial charge in [0.2, 0.25) is 0 Å². The van der Waals surface area contributed by atoms with Crippen molar-refractivity contribution in [3.8, 4) is 17.5 Å². The summed E-state index contributed by atoms with van der Waals surface area (Å²) in [7, 11) is 0. The maximum absolute atomic E-state index is 10.6. The average molecular weight is 289 g/mol. The molecule has 0 spiro atoms. The second-order valence-corrected chi connectivity index (χ2v) is 4.74. The number of nitro groups is 1. The van der Waals surface area contributed by atoms with Crippen LogP contribution in [0.15, 0.2) is 29.4 Å². The SMILES string of the molecule is CCn1c(SCC#N)nnc1-c1ccc([N+](=O)[O-])cc1. The van der Waals surface area contributed by atoms with Crippen molar-refractivity contribution < 1.29 is 4.92 Å². The lowest BCUT2D eigenvalue weighted by atomic mass is 10.2. The van der Waals surface area contributed by atoms with Crippen molar-refractivity contribution in [2.45, 2.75) is 18.6 Å². The highest BCUT2D eigenvalue weighted by Gasteiger charge is 2.14. The summed E-state index contributed by atoms with van der Waals surface area (Å²) in [5.41, 5.74) is 0.796. The fourth-order valence-electron chi connectivity index (χ4n) is 1.72. The van der Waals surface area contributed by atoms with Crippen LogP contribution >= 0.6 is 11.8 Å². The van der Waals surface area contributed by atoms with E-state index in [1.54, 1.807) is 12.1 Å². The Bertz CT molecular complexity index is 659. The highest BCUT2D eigenvalue weighted by atomic mass is 32.2. The third-order valence-electron chi connectivity index (χ3n) is 2.64. The van der Waals surface area contributed by atoms with Gasteiger partial charge in [0.15, 0.2) is 11.0 Å². The molecule has 1 aromatic carbocycles. The molecule has 0 bridgehead atoms. The van der Waals surface area contributed by atoms with Gasteiger partial charge in [-0.15, -0.1) is 10.2 Å². The number of hydrogen-bond donors (Lipinski definition) is 0. The Hall–Kier alpha value is -2.40. The van der Waals surface area contributed by atoms with E-state index < -0.39 is 4.92 Å². The van der Waals surface area contributed by atoms with Crippen LogP contribution in [0.2, 0.25) is 0 Å². The minimum Gasteiger partial charge on any atom is -0.302 e. The Morgan fingerprint density at radius 3 is 2.65 bits per heavy atom. The summed E-state index contributed by atoms with van der Waals surface area (Å²) in [5, 5.41) is 28.1. The number of thioether (sulfide) groups is 1. The first kappa shape index (κ1) is 14.0. The van der Waals surface area contributed by atoms with E-state index in [0.29, 0.717) is 23.3 Å². The van der Waals surface area contributed by atoms with Crippen LogP contribution in [0.1, 0.15) is 6.92 Å². The van der Waals surface area contributed by atoms with Crippen molar-refractivity contribution in [2.75, 3.05) is 5.75 Å². The van der Waals surface area contributed by atoms with Crippen molar-refractivity contribution >= 4 is 17.4 Å². The average Bonchev–Trinajstić information content (AvgIpc) is 2.87. The van der Waals surface area contributed by atoms with Gasteiger partial charge in [-0.25, -0.2) is 0 Å². The fraction of sp³-hybridized carbons (Fsp3) is 0.250. The zero-order valence-corrected chi connectivity index (χ0v) is 11.5. The van der Waals surface area contributed by atoms with E-state index in [1.807, 2.05) is 17.6 Å². The van der Waals surface area contributed by atoms with E-state index in [4.69, 9.17) is 5.26 Å². The Labute approximate surface area is 119 Å². The summed E-state index contributed by atoms with van der Waals surface area (Å²) < 4.78 is 1.88. The molecule has 0 saturated heterocycles. The summed E-state index contributed by atoms with van der Waals surface area (Å²) in [6, 6.07) is 8.21. The topological polar surface area (TPSA) is 97.6 Å². The van der Waals surface area contributed by atoms with Gasteiger partial charge >= 0.3 is 0 Å². The summed E-state index contributed by atoms with van der Waals surface area (Å²) in [6.07, 6.45) is 0. The zero-order valence-electron chi connectivity index (χ0n) is 10.7. The molecule has 7 nitrogen and oxygen atoms in total. The first-order chi connectivity index (χ1) is 9.67. The van der Waals surface area contributed by atoms with E-state index in [1.165, 1.54) is 23.9 Å². The second-order valence-electron chi connectivity index (χ2n) is 3.80. The fourth-order valence-corrected chi connectivity index (χ4v) is 2.39. The van der Waals surface area contributed by atoms with Gasteiger partial charge in [0, 0.05) is 24.2 Å². The zero-order chi connectivity index (χ0) is 14.5. The number of non-ortho nitro benzene ring substituents is 1. The standard InChI is InChI=1S/C12H11N5O2S/c1-2-16-11(14-15-12(16)20-8-7-13)9-3-5-10(6-4-9)17(18)19/h3-6H,2,8H2,1H3. The van der Waals surface area contributed by atoms with Crippen LogP contribution in [0, 0.1) is 21.4 Å². The lowest BCUT2D eigenvalue weighted by molar-refractivity contribution is -0.384. The number of hydrogen-bond acceptors (Lipinski definition) is 6. The molecule has 0 saturated carbocycles. The smallest absolute Gasteiger partial charge is 0.269 e. The summed E-state index contributed by atoms with van der Waals surface area (Å²) in [5.74, 6) is 0.945. The van der Waals surface area contributed by atoms with Crippen LogP contribution in [-0.4, -0.2) is 25.4 Å². The van der Waals surface area contributed by atoms with E-state index in [-0.39, 0.29) is 5.69 Å². The highest BCUT2D eigenvalue weighted by Crippen LogP contribution is 2.25. The molecule has 0 amide bonds. The van der Waals surface area contributed by atoms with Crippen molar-refractivity contribution in [3.05, 3.63) is 34.4 Å². The molecule has 2 aromatic rings. The van der Waals surface area contributed by atoms with Crippen molar-refractivity contribution in [1.82, 2.24) is 14.8 Å². The molecular weight excluding hydrogens is 278 g/mol. The largest absolute Gasteiger partial charge is 0.302 e. The van der Waals surface area contributed by atoms with Crippen molar-refractivity contribution in [3.63, 3.8) is 0 Å². The van der Waals surface area contributed by atoms with Crippen molar-refractivity contribution in [2.24, 2.45) is 0 Å². The van der Waals surface area contributed by atoms with Gasteiger partial charge in [-0.1, -0.05) is 11.8 Å². The van der Waals surface area contributed by atoms with Crippen molar-refractivity contribution in [1.29, 1.82) is 5.26 Å². The normalized spacial score (nSPS) is 10.2. The molecule has 0 N–H and O–H groups in total. The van der Waals surface area contributed by atoms with E-state index in [2.05, 4.69) is 10.2 Å². The third-order valence-corrected chi connectivity index (χ3v) is 3.47. The molecule has 0 fully saturated rings. The lowest BCUT2D eigenvalue weighted by Gasteiger charge is -2.05. The molecule has 20 heavy (non-hydrogen) atoms. The minimum absolute atomic E-state index is 0.0374. The molecule has 0 aliphatic heterocycles. The number of nitrogens with zero attached hydrogens (tertiary/aromatic N) is 5. The highest BCUT2D eigenvalue weighted by molar-refractivity contribution is 7.99. The van der Waals surface area contributed by atoms with Crippen LogP contribution in [0.25, 0.3) is 11.4 Å². The molecule has 1 aromatic heterocycles. The second kappa shape index (κ2) is 6.16. The van der Waals surface area contributed by atoms with Gasteiger partial charge < -0.3 is 4.57 Å². The van der Waals surface area contributed by atoms with Gasteiger partial charge in [0.05, 0.1) is 16.7 Å². The molecule has 8 heteroatoms. The number of nitro benzene ring substituents is 1.